The monoisotopic (exact) mass is 259 g/mol. The molecule has 4 heteroatoms. The Morgan fingerprint density at radius 1 is 1.26 bits per heavy atom. The predicted octanol–water partition coefficient (Wildman–Crippen LogP) is 2.51. The first kappa shape index (κ1) is 13.6. The predicted molar refractivity (Wildman–Crippen MR) is 76.2 cm³/mol. The van der Waals surface area contributed by atoms with E-state index in [0.29, 0.717) is 0 Å². The van der Waals surface area contributed by atoms with Crippen molar-refractivity contribution >= 4 is 0 Å². The molecule has 0 radical (unpaired) electrons. The Bertz CT molecular complexity index is 534. The van der Waals surface area contributed by atoms with E-state index in [1.165, 1.54) is 11.3 Å². The van der Waals surface area contributed by atoms with Crippen molar-refractivity contribution in [1.82, 2.24) is 15.1 Å². The van der Waals surface area contributed by atoms with Gasteiger partial charge in [-0.1, -0.05) is 18.2 Å². The fourth-order valence-corrected chi connectivity index (χ4v) is 2.19. The van der Waals surface area contributed by atoms with Crippen molar-refractivity contribution in [2.24, 2.45) is 0 Å². The lowest BCUT2D eigenvalue weighted by molar-refractivity contribution is 0.407. The minimum Gasteiger partial charge on any atom is -0.496 e. The highest BCUT2D eigenvalue weighted by molar-refractivity contribution is 5.33. The van der Waals surface area contributed by atoms with Gasteiger partial charge < -0.3 is 10.1 Å². The van der Waals surface area contributed by atoms with Crippen LogP contribution in [0.2, 0.25) is 0 Å². The molecule has 2 rings (SSSR count). The van der Waals surface area contributed by atoms with Crippen molar-refractivity contribution in [1.29, 1.82) is 0 Å². The highest BCUT2D eigenvalue weighted by Crippen LogP contribution is 2.16. The van der Waals surface area contributed by atoms with E-state index in [-0.39, 0.29) is 0 Å². The fourth-order valence-electron chi connectivity index (χ4n) is 2.19. The van der Waals surface area contributed by atoms with E-state index in [2.05, 4.69) is 29.5 Å². The minimum atomic E-state index is 0.790. The lowest BCUT2D eigenvalue weighted by Gasteiger charge is -2.10. The Morgan fingerprint density at radius 3 is 2.79 bits per heavy atom. The zero-order chi connectivity index (χ0) is 13.7. The van der Waals surface area contributed by atoms with Crippen molar-refractivity contribution < 1.29 is 4.74 Å². The maximum Gasteiger partial charge on any atom is 0.123 e. The van der Waals surface area contributed by atoms with E-state index in [1.807, 2.05) is 29.8 Å². The summed E-state index contributed by atoms with van der Waals surface area (Å²) in [7, 11) is 1.70. The molecule has 0 aliphatic carbocycles. The number of hydrogen-bond acceptors (Lipinski definition) is 3. The first-order valence-corrected chi connectivity index (χ1v) is 6.60. The number of methoxy groups -OCH3 is 1. The van der Waals surface area contributed by atoms with Gasteiger partial charge in [0, 0.05) is 25.2 Å². The molecular weight excluding hydrogens is 238 g/mol. The maximum absolute atomic E-state index is 5.34. The molecule has 0 amide bonds. The molecule has 0 saturated heterocycles. The van der Waals surface area contributed by atoms with Gasteiger partial charge in [0.25, 0.3) is 0 Å². The van der Waals surface area contributed by atoms with Crippen LogP contribution in [0.1, 0.15) is 23.9 Å². The molecule has 19 heavy (non-hydrogen) atoms. The zero-order valence-electron chi connectivity index (χ0n) is 11.8. The molecule has 0 bridgehead atoms. The van der Waals surface area contributed by atoms with Crippen molar-refractivity contribution in [3.63, 3.8) is 0 Å². The third-order valence-corrected chi connectivity index (χ3v) is 3.10. The van der Waals surface area contributed by atoms with Gasteiger partial charge in [0.05, 0.1) is 18.5 Å². The van der Waals surface area contributed by atoms with Gasteiger partial charge in [0.15, 0.2) is 0 Å². The van der Waals surface area contributed by atoms with E-state index in [0.717, 1.165) is 31.1 Å². The van der Waals surface area contributed by atoms with Crippen LogP contribution in [0.3, 0.4) is 0 Å². The SMILES string of the molecule is CCn1nc(C)cc1CNCc1ccccc1OC. The summed E-state index contributed by atoms with van der Waals surface area (Å²) in [5, 5.41) is 7.88. The van der Waals surface area contributed by atoms with Gasteiger partial charge in [-0.2, -0.15) is 5.10 Å². The van der Waals surface area contributed by atoms with Crippen LogP contribution in [0, 0.1) is 6.92 Å². The van der Waals surface area contributed by atoms with Crippen LogP contribution in [0.4, 0.5) is 0 Å². The van der Waals surface area contributed by atoms with Crippen molar-refractivity contribution in [2.75, 3.05) is 7.11 Å². The molecule has 1 aromatic heterocycles. The van der Waals surface area contributed by atoms with Crippen molar-refractivity contribution in [2.45, 2.75) is 33.5 Å². The smallest absolute Gasteiger partial charge is 0.123 e. The van der Waals surface area contributed by atoms with Crippen LogP contribution in [0.25, 0.3) is 0 Å². The third-order valence-electron chi connectivity index (χ3n) is 3.10. The number of ether oxygens (including phenoxy) is 1. The second-order valence-corrected chi connectivity index (χ2v) is 4.51. The van der Waals surface area contributed by atoms with Crippen molar-refractivity contribution in [3.05, 3.63) is 47.3 Å². The van der Waals surface area contributed by atoms with Crippen LogP contribution in [0.15, 0.2) is 30.3 Å². The van der Waals surface area contributed by atoms with Gasteiger partial charge in [0.2, 0.25) is 0 Å². The summed E-state index contributed by atoms with van der Waals surface area (Å²) in [5.41, 5.74) is 3.45. The second-order valence-electron chi connectivity index (χ2n) is 4.51. The molecule has 1 N–H and O–H groups in total. The average molecular weight is 259 g/mol. The first-order valence-electron chi connectivity index (χ1n) is 6.60. The summed E-state index contributed by atoms with van der Waals surface area (Å²) in [4.78, 5) is 0. The van der Waals surface area contributed by atoms with Gasteiger partial charge in [-0.05, 0) is 26.0 Å². The second kappa shape index (κ2) is 6.38. The summed E-state index contributed by atoms with van der Waals surface area (Å²) < 4.78 is 7.37. The van der Waals surface area contributed by atoms with Crippen LogP contribution in [0.5, 0.6) is 5.75 Å². The molecule has 0 aliphatic rings. The number of para-hydroxylation sites is 1. The fraction of sp³-hybridized carbons (Fsp3) is 0.400. The Morgan fingerprint density at radius 2 is 2.05 bits per heavy atom. The molecule has 2 aromatic rings. The minimum absolute atomic E-state index is 0.790. The molecule has 1 aromatic carbocycles. The zero-order valence-corrected chi connectivity index (χ0v) is 11.8. The number of aryl methyl sites for hydroxylation is 2. The van der Waals surface area contributed by atoms with Crippen LogP contribution >= 0.6 is 0 Å². The quantitative estimate of drug-likeness (QED) is 0.866. The largest absolute Gasteiger partial charge is 0.496 e. The van der Waals surface area contributed by atoms with Gasteiger partial charge in [-0.25, -0.2) is 0 Å². The van der Waals surface area contributed by atoms with E-state index >= 15 is 0 Å². The molecule has 4 nitrogen and oxygen atoms in total. The Hall–Kier alpha value is -1.81. The normalized spacial score (nSPS) is 10.7. The molecule has 0 atom stereocenters. The van der Waals surface area contributed by atoms with Crippen LogP contribution < -0.4 is 10.1 Å². The van der Waals surface area contributed by atoms with E-state index in [9.17, 15) is 0 Å². The van der Waals surface area contributed by atoms with Gasteiger partial charge in [0.1, 0.15) is 5.75 Å². The van der Waals surface area contributed by atoms with E-state index in [4.69, 9.17) is 4.74 Å². The van der Waals surface area contributed by atoms with Crippen molar-refractivity contribution in [3.8, 4) is 5.75 Å². The summed E-state index contributed by atoms with van der Waals surface area (Å²) >= 11 is 0. The molecule has 1 heterocycles. The first-order chi connectivity index (χ1) is 9.24. The highest BCUT2D eigenvalue weighted by atomic mass is 16.5. The molecule has 102 valence electrons. The topological polar surface area (TPSA) is 39.1 Å². The third kappa shape index (κ3) is 3.35. The lowest BCUT2D eigenvalue weighted by atomic mass is 10.2. The molecule has 0 spiro atoms. The number of benzene rings is 1. The van der Waals surface area contributed by atoms with Gasteiger partial charge in [-0.3, -0.25) is 4.68 Å². The Kier molecular flexibility index (Phi) is 4.58. The lowest BCUT2D eigenvalue weighted by Crippen LogP contribution is -2.16. The molecular formula is C15H21N3O. The van der Waals surface area contributed by atoms with E-state index < -0.39 is 0 Å². The number of hydrogen-bond donors (Lipinski definition) is 1. The Labute approximate surface area is 114 Å². The Balaban J connectivity index is 1.96. The number of aromatic nitrogens is 2. The average Bonchev–Trinajstić information content (AvgIpc) is 2.79. The maximum atomic E-state index is 5.34. The summed E-state index contributed by atoms with van der Waals surface area (Å²) in [6.45, 7) is 6.64. The van der Waals surface area contributed by atoms with E-state index in [1.54, 1.807) is 7.11 Å². The molecule has 0 fully saturated rings. The molecule has 0 saturated carbocycles. The summed E-state index contributed by atoms with van der Waals surface area (Å²) in [6, 6.07) is 10.2. The van der Waals surface area contributed by atoms with Gasteiger partial charge >= 0.3 is 0 Å². The molecule has 0 aliphatic heterocycles. The van der Waals surface area contributed by atoms with Gasteiger partial charge in [-0.15, -0.1) is 0 Å². The number of rotatable bonds is 6. The number of nitrogens with zero attached hydrogens (tertiary/aromatic N) is 2. The molecule has 0 unspecified atom stereocenters. The summed E-state index contributed by atoms with van der Waals surface area (Å²) in [5.74, 6) is 0.926. The standard InChI is InChI=1S/C15H21N3O/c1-4-18-14(9-12(2)17-18)11-16-10-13-7-5-6-8-15(13)19-3/h5-9,16H,4,10-11H2,1-3H3. The number of nitrogens with one attached hydrogen (secondary N) is 1. The van der Waals surface area contributed by atoms with Crippen LogP contribution in [-0.2, 0) is 19.6 Å². The highest BCUT2D eigenvalue weighted by Gasteiger charge is 2.05. The summed E-state index contributed by atoms with van der Waals surface area (Å²) in [6.07, 6.45) is 0. The van der Waals surface area contributed by atoms with Crippen LogP contribution in [-0.4, -0.2) is 16.9 Å².